The molecule has 1 N–H and O–H groups in total. The predicted octanol–water partition coefficient (Wildman–Crippen LogP) is 4.67. The van der Waals surface area contributed by atoms with Crippen molar-refractivity contribution < 1.29 is 9.13 Å². The number of ether oxygens (including phenoxy) is 1. The summed E-state index contributed by atoms with van der Waals surface area (Å²) in [6.45, 7) is 8.47. The van der Waals surface area contributed by atoms with E-state index in [1.54, 1.807) is 12.1 Å². The van der Waals surface area contributed by atoms with Crippen LogP contribution in [0.25, 0.3) is 6.08 Å². The summed E-state index contributed by atoms with van der Waals surface area (Å²) in [5.41, 5.74) is 4.03. The fourth-order valence-corrected chi connectivity index (χ4v) is 4.56. The second-order valence-corrected chi connectivity index (χ2v) is 9.28. The van der Waals surface area contributed by atoms with Crippen LogP contribution in [0.15, 0.2) is 40.4 Å². The van der Waals surface area contributed by atoms with Gasteiger partial charge in [-0.2, -0.15) is 9.97 Å². The van der Waals surface area contributed by atoms with E-state index < -0.39 is 0 Å². The number of rotatable bonds is 6. The molecule has 5 rings (SSSR count). The van der Waals surface area contributed by atoms with Crippen molar-refractivity contribution in [1.29, 1.82) is 0 Å². The Bertz CT molecular complexity index is 1180. The molecule has 34 heavy (non-hydrogen) atoms. The third kappa shape index (κ3) is 4.82. The number of piperazine rings is 1. The number of aromatic nitrogens is 2. The number of nitrogens with one attached hydrogen (secondary N) is 1. The Morgan fingerprint density at radius 2 is 1.94 bits per heavy atom. The van der Waals surface area contributed by atoms with Crippen molar-refractivity contribution in [2.45, 2.75) is 33.1 Å². The van der Waals surface area contributed by atoms with Gasteiger partial charge in [0, 0.05) is 37.8 Å². The second-order valence-electron chi connectivity index (χ2n) is 9.28. The zero-order valence-corrected chi connectivity index (χ0v) is 20.1. The highest BCUT2D eigenvalue weighted by molar-refractivity contribution is 6.04. The molecule has 0 spiro atoms. The first-order chi connectivity index (χ1) is 16.5. The lowest BCUT2D eigenvalue weighted by Crippen LogP contribution is -2.44. The highest BCUT2D eigenvalue weighted by Gasteiger charge is 2.21. The summed E-state index contributed by atoms with van der Waals surface area (Å²) in [6.07, 6.45) is 6.83. The zero-order chi connectivity index (χ0) is 23.7. The standard InChI is InChI=1S/C26H31FN6O/c1-4-5-18-14-22(28-16-18)29-26-30-23(33-10-8-32(3)9-11-33)15-24(31-26)34-21-7-6-19-12-17(2)13-20(19)25(21)27/h6-7,13-15H,4-5,8-12,16H2,1-3H3,(H,28,29,30,31). The molecule has 0 saturated carbocycles. The maximum atomic E-state index is 15.2. The van der Waals surface area contributed by atoms with E-state index in [9.17, 15) is 0 Å². The highest BCUT2D eigenvalue weighted by Crippen LogP contribution is 2.34. The van der Waals surface area contributed by atoms with Crippen LogP contribution in [0.5, 0.6) is 11.6 Å². The molecule has 1 aliphatic carbocycles. The van der Waals surface area contributed by atoms with E-state index >= 15 is 4.39 Å². The van der Waals surface area contributed by atoms with Gasteiger partial charge in [0.15, 0.2) is 11.6 Å². The van der Waals surface area contributed by atoms with E-state index in [-0.39, 0.29) is 11.6 Å². The summed E-state index contributed by atoms with van der Waals surface area (Å²) in [7, 11) is 2.12. The van der Waals surface area contributed by atoms with Gasteiger partial charge in [-0.15, -0.1) is 0 Å². The molecule has 2 aromatic rings. The van der Waals surface area contributed by atoms with Crippen molar-refractivity contribution in [3.63, 3.8) is 0 Å². The third-order valence-corrected chi connectivity index (χ3v) is 6.43. The van der Waals surface area contributed by atoms with Crippen LogP contribution in [0.1, 0.15) is 37.8 Å². The zero-order valence-electron chi connectivity index (χ0n) is 20.1. The Hall–Kier alpha value is -3.26. The molecule has 8 heteroatoms. The topological polar surface area (TPSA) is 65.9 Å². The minimum Gasteiger partial charge on any atom is -0.436 e. The molecular weight excluding hydrogens is 431 g/mol. The molecule has 7 nitrogen and oxygen atoms in total. The Morgan fingerprint density at radius 3 is 2.74 bits per heavy atom. The van der Waals surface area contributed by atoms with Gasteiger partial charge in [-0.1, -0.05) is 31.1 Å². The number of fused-ring (bicyclic) bond motifs is 1. The minimum absolute atomic E-state index is 0.169. The summed E-state index contributed by atoms with van der Waals surface area (Å²) in [5.74, 6) is 2.03. The number of hydrogen-bond acceptors (Lipinski definition) is 7. The quantitative estimate of drug-likeness (QED) is 0.673. The molecule has 0 radical (unpaired) electrons. The Kier molecular flexibility index (Phi) is 6.32. The van der Waals surface area contributed by atoms with Crippen LogP contribution < -0.4 is 15.0 Å². The molecule has 0 bridgehead atoms. The van der Waals surface area contributed by atoms with E-state index in [1.165, 1.54) is 5.57 Å². The summed E-state index contributed by atoms with van der Waals surface area (Å²) >= 11 is 0. The molecule has 1 aromatic heterocycles. The Balaban J connectivity index is 1.44. The van der Waals surface area contributed by atoms with Gasteiger partial charge in [-0.05, 0) is 50.1 Å². The lowest BCUT2D eigenvalue weighted by Gasteiger charge is -2.33. The van der Waals surface area contributed by atoms with Gasteiger partial charge in [0.2, 0.25) is 11.8 Å². The van der Waals surface area contributed by atoms with Crippen molar-refractivity contribution in [2.75, 3.05) is 50.0 Å². The average molecular weight is 463 g/mol. The molecule has 0 atom stereocenters. The van der Waals surface area contributed by atoms with Crippen molar-refractivity contribution in [1.82, 2.24) is 14.9 Å². The predicted molar refractivity (Wildman–Crippen MR) is 134 cm³/mol. The van der Waals surface area contributed by atoms with Gasteiger partial charge < -0.3 is 19.9 Å². The smallest absolute Gasteiger partial charge is 0.233 e. The van der Waals surface area contributed by atoms with Crippen LogP contribution in [0.4, 0.5) is 16.2 Å². The number of likely N-dealkylation sites (N-methyl/N-ethyl adjacent to an activating group) is 1. The number of halogens is 1. The highest BCUT2D eigenvalue weighted by atomic mass is 19.1. The molecule has 1 aromatic carbocycles. The van der Waals surface area contributed by atoms with Gasteiger partial charge in [0.25, 0.3) is 0 Å². The van der Waals surface area contributed by atoms with Crippen molar-refractivity contribution in [3.05, 3.63) is 52.4 Å². The maximum absolute atomic E-state index is 15.2. The van der Waals surface area contributed by atoms with E-state index in [2.05, 4.69) is 45.1 Å². The van der Waals surface area contributed by atoms with E-state index in [0.717, 1.165) is 68.2 Å². The summed E-state index contributed by atoms with van der Waals surface area (Å²) in [4.78, 5) is 18.3. The van der Waals surface area contributed by atoms with Crippen LogP contribution >= 0.6 is 0 Å². The molecule has 2 aliphatic heterocycles. The monoisotopic (exact) mass is 462 g/mol. The number of aliphatic imine (C=N–C) groups is 1. The number of anilines is 2. The van der Waals surface area contributed by atoms with Crippen LogP contribution in [-0.4, -0.2) is 60.5 Å². The van der Waals surface area contributed by atoms with Crippen LogP contribution in [0.3, 0.4) is 0 Å². The van der Waals surface area contributed by atoms with Gasteiger partial charge in [0.1, 0.15) is 11.7 Å². The second kappa shape index (κ2) is 9.54. The largest absolute Gasteiger partial charge is 0.436 e. The van der Waals surface area contributed by atoms with Crippen LogP contribution in [-0.2, 0) is 6.42 Å². The van der Waals surface area contributed by atoms with Crippen molar-refractivity contribution in [2.24, 2.45) is 4.99 Å². The van der Waals surface area contributed by atoms with E-state index in [4.69, 9.17) is 9.72 Å². The first-order valence-corrected chi connectivity index (χ1v) is 12.0. The van der Waals surface area contributed by atoms with Gasteiger partial charge in [-0.3, -0.25) is 4.99 Å². The molecule has 1 saturated heterocycles. The number of nitrogens with zero attached hydrogens (tertiary/aromatic N) is 5. The molecule has 0 unspecified atom stereocenters. The number of hydrogen-bond donors (Lipinski definition) is 1. The van der Waals surface area contributed by atoms with Gasteiger partial charge in [-0.25, -0.2) is 4.39 Å². The maximum Gasteiger partial charge on any atom is 0.233 e. The first kappa shape index (κ1) is 22.5. The molecular formula is C26H31FN6O. The first-order valence-electron chi connectivity index (χ1n) is 12.0. The van der Waals surface area contributed by atoms with Crippen molar-refractivity contribution in [3.8, 4) is 11.6 Å². The normalized spacial score (nSPS) is 17.9. The summed E-state index contributed by atoms with van der Waals surface area (Å²) in [5, 5.41) is 3.24. The molecule has 0 amide bonds. The Labute approximate surface area is 200 Å². The summed E-state index contributed by atoms with van der Waals surface area (Å²) < 4.78 is 21.2. The van der Waals surface area contributed by atoms with Crippen LogP contribution in [0, 0.1) is 5.82 Å². The fourth-order valence-electron chi connectivity index (χ4n) is 4.56. The van der Waals surface area contributed by atoms with E-state index in [0.29, 0.717) is 23.9 Å². The van der Waals surface area contributed by atoms with Gasteiger partial charge in [0.05, 0.1) is 6.54 Å². The average Bonchev–Trinajstić information content (AvgIpc) is 3.42. The fraction of sp³-hybridized carbons (Fsp3) is 0.423. The SMILES string of the molecule is CCCC1=CC(Nc2nc(Oc3ccc4c(c3F)C=C(C)C4)cc(N3CCN(C)CC3)n2)=NC1. The lowest BCUT2D eigenvalue weighted by molar-refractivity contribution is 0.312. The molecule has 178 valence electrons. The minimum atomic E-state index is -0.351. The Morgan fingerprint density at radius 1 is 1.12 bits per heavy atom. The lowest BCUT2D eigenvalue weighted by atomic mass is 10.1. The van der Waals surface area contributed by atoms with Crippen molar-refractivity contribution >= 4 is 23.7 Å². The molecule has 1 fully saturated rings. The number of amidine groups is 1. The number of benzene rings is 1. The summed E-state index contributed by atoms with van der Waals surface area (Å²) in [6, 6.07) is 5.40. The third-order valence-electron chi connectivity index (χ3n) is 6.43. The molecule has 3 aliphatic rings. The van der Waals surface area contributed by atoms with E-state index in [1.807, 2.05) is 19.1 Å². The number of allylic oxidation sites excluding steroid dienone is 1. The molecule has 3 heterocycles. The van der Waals surface area contributed by atoms with Crippen LogP contribution in [0.2, 0.25) is 0 Å². The van der Waals surface area contributed by atoms with Gasteiger partial charge >= 0.3 is 0 Å².